The quantitative estimate of drug-likeness (QED) is 0.776. The molecule has 1 aromatic carbocycles. The summed E-state index contributed by atoms with van der Waals surface area (Å²) in [7, 11) is 3.04. The van der Waals surface area contributed by atoms with E-state index in [-0.39, 0.29) is 6.61 Å². The highest BCUT2D eigenvalue weighted by atomic mass is 16.5. The topological polar surface area (TPSA) is 82.3 Å². The molecular formula is C18H17N3O4. The number of fused-ring (bicyclic) bond motifs is 1. The Hall–Kier alpha value is -3.09. The van der Waals surface area contributed by atoms with Crippen LogP contribution in [0.4, 0.5) is 5.82 Å². The predicted octanol–water partition coefficient (Wildman–Crippen LogP) is 0.761. The molecular weight excluding hydrogens is 322 g/mol. The normalized spacial score (nSPS) is 18.5. The number of anilines is 1. The number of aryl methyl sites for hydroxylation is 1. The van der Waals surface area contributed by atoms with E-state index in [4.69, 9.17) is 4.74 Å². The van der Waals surface area contributed by atoms with E-state index in [1.165, 1.54) is 11.6 Å². The van der Waals surface area contributed by atoms with Crippen LogP contribution in [0.2, 0.25) is 0 Å². The Morgan fingerprint density at radius 1 is 1.16 bits per heavy atom. The first-order chi connectivity index (χ1) is 11.9. The second kappa shape index (κ2) is 5.20. The number of hydrogen-bond acceptors (Lipinski definition) is 5. The third kappa shape index (κ3) is 2.08. The van der Waals surface area contributed by atoms with Crippen LogP contribution in [0.25, 0.3) is 0 Å². The lowest BCUT2D eigenvalue weighted by Gasteiger charge is -2.28. The molecule has 0 amide bonds. The number of rotatable bonds is 1. The van der Waals surface area contributed by atoms with Gasteiger partial charge in [-0.1, -0.05) is 29.8 Å². The number of cyclic esters (lactones) is 1. The van der Waals surface area contributed by atoms with Gasteiger partial charge in [0.1, 0.15) is 12.4 Å². The SMILES string of the molecule is Cc1cccc(C2C3=C(COC3=O)Nc3c2c(=O)n(C)c(=O)n3C)c1. The van der Waals surface area contributed by atoms with Crippen LogP contribution in [0.1, 0.15) is 22.6 Å². The van der Waals surface area contributed by atoms with Gasteiger partial charge in [-0.05, 0) is 12.5 Å². The highest BCUT2D eigenvalue weighted by Gasteiger charge is 2.41. The van der Waals surface area contributed by atoms with E-state index in [1.807, 2.05) is 31.2 Å². The highest BCUT2D eigenvalue weighted by Crippen LogP contribution is 2.42. The maximum Gasteiger partial charge on any atom is 0.337 e. The molecule has 7 nitrogen and oxygen atoms in total. The lowest BCUT2D eigenvalue weighted by Crippen LogP contribution is -2.43. The smallest absolute Gasteiger partial charge is 0.337 e. The van der Waals surface area contributed by atoms with Crippen LogP contribution >= 0.6 is 0 Å². The summed E-state index contributed by atoms with van der Waals surface area (Å²) in [4.78, 5) is 37.5. The molecule has 0 radical (unpaired) electrons. The molecule has 7 heteroatoms. The Balaban J connectivity index is 2.10. The fourth-order valence-electron chi connectivity index (χ4n) is 3.56. The summed E-state index contributed by atoms with van der Waals surface area (Å²) in [5, 5.41) is 3.06. The number of nitrogens with zero attached hydrogens (tertiary/aromatic N) is 2. The van der Waals surface area contributed by atoms with Crippen molar-refractivity contribution in [2.75, 3.05) is 11.9 Å². The fraction of sp³-hybridized carbons (Fsp3) is 0.278. The average molecular weight is 339 g/mol. The lowest BCUT2D eigenvalue weighted by molar-refractivity contribution is -0.136. The molecule has 2 aromatic rings. The highest BCUT2D eigenvalue weighted by molar-refractivity contribution is 5.96. The van der Waals surface area contributed by atoms with Crippen LogP contribution in [0.15, 0.2) is 45.1 Å². The molecule has 2 aliphatic rings. The van der Waals surface area contributed by atoms with E-state index in [2.05, 4.69) is 5.32 Å². The van der Waals surface area contributed by atoms with Gasteiger partial charge in [0.25, 0.3) is 5.56 Å². The Labute approximate surface area is 143 Å². The van der Waals surface area contributed by atoms with Crippen molar-refractivity contribution in [1.29, 1.82) is 0 Å². The van der Waals surface area contributed by atoms with E-state index < -0.39 is 23.1 Å². The van der Waals surface area contributed by atoms with Crippen LogP contribution in [0.5, 0.6) is 0 Å². The number of ether oxygens (including phenoxy) is 1. The minimum Gasteiger partial charge on any atom is -0.456 e. The van der Waals surface area contributed by atoms with Crippen molar-refractivity contribution < 1.29 is 9.53 Å². The number of benzene rings is 1. The molecule has 1 N–H and O–H groups in total. The first-order valence-corrected chi connectivity index (χ1v) is 7.93. The Kier molecular flexibility index (Phi) is 3.21. The third-order valence-corrected chi connectivity index (χ3v) is 4.81. The molecule has 0 aliphatic carbocycles. The van der Waals surface area contributed by atoms with Gasteiger partial charge in [-0.3, -0.25) is 13.9 Å². The molecule has 0 saturated carbocycles. The van der Waals surface area contributed by atoms with Gasteiger partial charge in [-0.25, -0.2) is 9.59 Å². The molecule has 0 bridgehead atoms. The van der Waals surface area contributed by atoms with Gasteiger partial charge in [-0.2, -0.15) is 0 Å². The molecule has 25 heavy (non-hydrogen) atoms. The largest absolute Gasteiger partial charge is 0.456 e. The molecule has 2 aliphatic heterocycles. The standard InChI is InChI=1S/C18H17N3O4/c1-9-5-4-6-10(7-9)12-13-11(8-25-17(13)23)19-15-14(12)16(22)21(3)18(24)20(15)2/h4-7,12,19H,8H2,1-3H3. The van der Waals surface area contributed by atoms with Crippen molar-refractivity contribution in [3.05, 3.63) is 73.1 Å². The number of carbonyl (C=O) groups excluding carboxylic acids is 1. The van der Waals surface area contributed by atoms with Crippen molar-refractivity contribution in [2.45, 2.75) is 12.8 Å². The van der Waals surface area contributed by atoms with E-state index in [0.29, 0.717) is 22.7 Å². The Morgan fingerprint density at radius 3 is 2.64 bits per heavy atom. The van der Waals surface area contributed by atoms with Gasteiger partial charge in [0.15, 0.2) is 0 Å². The lowest BCUT2D eigenvalue weighted by atomic mass is 9.82. The minimum absolute atomic E-state index is 0.110. The number of esters is 1. The summed E-state index contributed by atoms with van der Waals surface area (Å²) < 4.78 is 7.64. The van der Waals surface area contributed by atoms with Crippen molar-refractivity contribution >= 4 is 11.8 Å². The predicted molar refractivity (Wildman–Crippen MR) is 91.6 cm³/mol. The van der Waals surface area contributed by atoms with Gasteiger partial charge >= 0.3 is 11.7 Å². The van der Waals surface area contributed by atoms with Gasteiger partial charge in [0.2, 0.25) is 0 Å². The molecule has 0 fully saturated rings. The summed E-state index contributed by atoms with van der Waals surface area (Å²) in [6.45, 7) is 2.06. The van der Waals surface area contributed by atoms with Crippen molar-refractivity contribution in [2.24, 2.45) is 14.1 Å². The van der Waals surface area contributed by atoms with E-state index in [1.54, 1.807) is 7.05 Å². The maximum absolute atomic E-state index is 12.9. The first kappa shape index (κ1) is 15.4. The van der Waals surface area contributed by atoms with E-state index in [9.17, 15) is 14.4 Å². The van der Waals surface area contributed by atoms with Crippen LogP contribution in [0, 0.1) is 6.92 Å². The van der Waals surface area contributed by atoms with Crippen LogP contribution in [-0.2, 0) is 23.6 Å². The monoisotopic (exact) mass is 339 g/mol. The second-order valence-electron chi connectivity index (χ2n) is 6.41. The molecule has 4 rings (SSSR count). The number of hydrogen-bond donors (Lipinski definition) is 1. The fourth-order valence-corrected chi connectivity index (χ4v) is 3.56. The van der Waals surface area contributed by atoms with Crippen LogP contribution in [0.3, 0.4) is 0 Å². The van der Waals surface area contributed by atoms with Gasteiger partial charge in [-0.15, -0.1) is 0 Å². The zero-order valence-corrected chi connectivity index (χ0v) is 14.1. The number of carbonyl (C=O) groups is 1. The average Bonchev–Trinajstić information content (AvgIpc) is 2.97. The van der Waals surface area contributed by atoms with E-state index in [0.717, 1.165) is 15.7 Å². The minimum atomic E-state index is -0.563. The van der Waals surface area contributed by atoms with Crippen LogP contribution in [-0.4, -0.2) is 21.7 Å². The number of nitrogens with one attached hydrogen (secondary N) is 1. The third-order valence-electron chi connectivity index (χ3n) is 4.81. The Bertz CT molecular complexity index is 1070. The maximum atomic E-state index is 12.9. The molecule has 128 valence electrons. The summed E-state index contributed by atoms with van der Waals surface area (Å²) >= 11 is 0. The van der Waals surface area contributed by atoms with Crippen LogP contribution < -0.4 is 16.6 Å². The van der Waals surface area contributed by atoms with Crippen molar-refractivity contribution in [1.82, 2.24) is 9.13 Å². The van der Waals surface area contributed by atoms with E-state index >= 15 is 0 Å². The van der Waals surface area contributed by atoms with Gasteiger partial charge in [0.05, 0.1) is 22.8 Å². The van der Waals surface area contributed by atoms with Crippen molar-refractivity contribution in [3.63, 3.8) is 0 Å². The molecule has 0 spiro atoms. The second-order valence-corrected chi connectivity index (χ2v) is 6.41. The van der Waals surface area contributed by atoms with Gasteiger partial charge in [0, 0.05) is 14.1 Å². The summed E-state index contributed by atoms with van der Waals surface area (Å²) in [5.74, 6) is -0.584. The van der Waals surface area contributed by atoms with Gasteiger partial charge < -0.3 is 10.1 Å². The molecule has 1 atom stereocenters. The molecule has 0 saturated heterocycles. The molecule has 3 heterocycles. The molecule has 1 unspecified atom stereocenters. The Morgan fingerprint density at radius 2 is 1.92 bits per heavy atom. The summed E-state index contributed by atoms with van der Waals surface area (Å²) in [6, 6.07) is 7.67. The summed E-state index contributed by atoms with van der Waals surface area (Å²) in [6.07, 6.45) is 0. The summed E-state index contributed by atoms with van der Waals surface area (Å²) in [5.41, 5.74) is 2.43. The van der Waals surface area contributed by atoms with Crippen molar-refractivity contribution in [3.8, 4) is 0 Å². The first-order valence-electron chi connectivity index (χ1n) is 7.93. The molecule has 1 aromatic heterocycles. The zero-order valence-electron chi connectivity index (χ0n) is 14.1. The number of aromatic nitrogens is 2. The zero-order chi connectivity index (χ0) is 17.9.